The van der Waals surface area contributed by atoms with Crippen LogP contribution < -0.4 is 0 Å². The van der Waals surface area contributed by atoms with Crippen molar-refractivity contribution in [3.8, 4) is 0 Å². The van der Waals surface area contributed by atoms with Crippen molar-refractivity contribution in [2.75, 3.05) is 11.6 Å². The Morgan fingerprint density at radius 1 is 1.47 bits per heavy atom. The maximum Gasteiger partial charge on any atom is 0.327 e. The Labute approximate surface area is 109 Å². The van der Waals surface area contributed by atoms with Crippen molar-refractivity contribution in [2.45, 2.75) is 25.1 Å². The molecular weight excluding hydrogens is 262 g/mol. The maximum absolute atomic E-state index is 12.1. The average Bonchev–Trinajstić information content (AvgIpc) is 2.74. The lowest BCUT2D eigenvalue weighted by molar-refractivity contribution is -0.149. The predicted molar refractivity (Wildman–Crippen MR) is 68.2 cm³/mol. The van der Waals surface area contributed by atoms with Crippen molar-refractivity contribution < 1.29 is 19.5 Å². The molecule has 7 heteroatoms. The molecule has 1 amide bonds. The number of nitrogens with zero attached hydrogens (tertiary/aromatic N) is 1. The summed E-state index contributed by atoms with van der Waals surface area (Å²) in [6.45, 7) is 2.97. The highest BCUT2D eigenvalue weighted by atomic mass is 32.2. The lowest BCUT2D eigenvalue weighted by atomic mass is 10.0. The van der Waals surface area contributed by atoms with E-state index in [1.165, 1.54) is 23.6 Å². The van der Waals surface area contributed by atoms with Crippen LogP contribution in [0.3, 0.4) is 0 Å². The molecule has 2 unspecified atom stereocenters. The Kier molecular flexibility index (Phi) is 4.88. The Bertz CT molecular complexity index is 347. The number of thioether (sulfide) groups is 1. The van der Waals surface area contributed by atoms with Gasteiger partial charge in [-0.2, -0.15) is 12.6 Å². The SMILES string of the molecule is CC(=O)C(S)C(C)C(=O)N1CSC[C@H]1C(=O)O. The average molecular weight is 277 g/mol. The van der Waals surface area contributed by atoms with Crippen LogP contribution in [0, 0.1) is 5.92 Å². The minimum absolute atomic E-state index is 0.187. The Morgan fingerprint density at radius 3 is 2.53 bits per heavy atom. The number of aliphatic carboxylic acids is 1. The van der Waals surface area contributed by atoms with Gasteiger partial charge in [-0.25, -0.2) is 4.79 Å². The van der Waals surface area contributed by atoms with E-state index in [-0.39, 0.29) is 11.7 Å². The lowest BCUT2D eigenvalue weighted by Gasteiger charge is -2.25. The van der Waals surface area contributed by atoms with E-state index in [4.69, 9.17) is 5.11 Å². The molecule has 0 spiro atoms. The van der Waals surface area contributed by atoms with Gasteiger partial charge in [0.15, 0.2) is 0 Å². The van der Waals surface area contributed by atoms with E-state index in [2.05, 4.69) is 12.6 Å². The highest BCUT2D eigenvalue weighted by Gasteiger charge is 2.38. The number of carboxylic acids is 1. The first kappa shape index (κ1) is 14.4. The molecule has 0 aromatic heterocycles. The monoisotopic (exact) mass is 277 g/mol. The van der Waals surface area contributed by atoms with Crippen LogP contribution in [-0.4, -0.2) is 50.6 Å². The second-order valence-corrected chi connectivity index (χ2v) is 5.56. The minimum atomic E-state index is -1.01. The highest BCUT2D eigenvalue weighted by molar-refractivity contribution is 7.99. The lowest BCUT2D eigenvalue weighted by Crippen LogP contribution is -2.46. The molecule has 0 aliphatic carbocycles. The summed E-state index contributed by atoms with van der Waals surface area (Å²) in [5, 5.41) is 8.29. The van der Waals surface area contributed by atoms with Crippen molar-refractivity contribution in [2.24, 2.45) is 5.92 Å². The molecule has 1 fully saturated rings. The van der Waals surface area contributed by atoms with Gasteiger partial charge in [-0.15, -0.1) is 11.8 Å². The number of carbonyl (C=O) groups excluding carboxylic acids is 2. The molecule has 0 saturated carbocycles. The topological polar surface area (TPSA) is 74.7 Å². The fourth-order valence-electron chi connectivity index (χ4n) is 1.61. The van der Waals surface area contributed by atoms with E-state index in [1.807, 2.05) is 0 Å². The number of carbonyl (C=O) groups is 3. The van der Waals surface area contributed by atoms with Gasteiger partial charge < -0.3 is 10.0 Å². The summed E-state index contributed by atoms with van der Waals surface area (Å²) in [6, 6.07) is -0.789. The second kappa shape index (κ2) is 5.77. The number of amides is 1. The molecule has 0 aromatic rings. The number of carboxylic acid groups (broad SMARTS) is 1. The fourth-order valence-corrected chi connectivity index (χ4v) is 2.90. The summed E-state index contributed by atoms with van der Waals surface area (Å²) < 4.78 is 0. The number of ketones is 1. The predicted octanol–water partition coefficient (Wildman–Crippen LogP) is 0.496. The molecule has 0 bridgehead atoms. The molecule has 0 radical (unpaired) electrons. The van der Waals surface area contributed by atoms with Gasteiger partial charge in [0.2, 0.25) is 5.91 Å². The standard InChI is InChI=1S/C10H15NO4S2/c1-5(8(16)6(2)12)9(13)11-4-17-3-7(11)10(14)15/h5,7-8,16H,3-4H2,1-2H3,(H,14,15)/t5?,7-,8?/m0/s1. The molecule has 96 valence electrons. The van der Waals surface area contributed by atoms with Gasteiger partial charge in [0.25, 0.3) is 0 Å². The smallest absolute Gasteiger partial charge is 0.327 e. The number of hydrogen-bond donors (Lipinski definition) is 2. The van der Waals surface area contributed by atoms with Crippen LogP contribution in [-0.2, 0) is 14.4 Å². The largest absolute Gasteiger partial charge is 0.480 e. The zero-order chi connectivity index (χ0) is 13.2. The molecule has 1 aliphatic rings. The first-order valence-electron chi connectivity index (χ1n) is 5.15. The summed E-state index contributed by atoms with van der Waals surface area (Å²) in [5.74, 6) is -1.36. The summed E-state index contributed by atoms with van der Waals surface area (Å²) in [4.78, 5) is 35.5. The zero-order valence-electron chi connectivity index (χ0n) is 9.62. The molecular formula is C10H15NO4S2. The molecule has 1 saturated heterocycles. The molecule has 0 aromatic carbocycles. The van der Waals surface area contributed by atoms with Crippen LogP contribution in [0.1, 0.15) is 13.8 Å². The Morgan fingerprint density at radius 2 is 2.06 bits per heavy atom. The van der Waals surface area contributed by atoms with Crippen LogP contribution in [0.2, 0.25) is 0 Å². The quantitative estimate of drug-likeness (QED) is 0.732. The van der Waals surface area contributed by atoms with Crippen LogP contribution in [0.5, 0.6) is 0 Å². The maximum atomic E-state index is 12.1. The van der Waals surface area contributed by atoms with E-state index in [0.717, 1.165) is 0 Å². The van der Waals surface area contributed by atoms with Crippen molar-refractivity contribution in [3.63, 3.8) is 0 Å². The van der Waals surface area contributed by atoms with Gasteiger partial charge in [0.05, 0.1) is 17.0 Å². The molecule has 1 heterocycles. The molecule has 1 aliphatic heterocycles. The van der Waals surface area contributed by atoms with Gasteiger partial charge in [0, 0.05) is 5.75 Å². The first-order valence-corrected chi connectivity index (χ1v) is 6.83. The molecule has 17 heavy (non-hydrogen) atoms. The van der Waals surface area contributed by atoms with Gasteiger partial charge >= 0.3 is 5.97 Å². The van der Waals surface area contributed by atoms with E-state index < -0.39 is 23.2 Å². The van der Waals surface area contributed by atoms with Crippen molar-refractivity contribution >= 4 is 42.1 Å². The van der Waals surface area contributed by atoms with Gasteiger partial charge in [-0.1, -0.05) is 6.92 Å². The number of thiol groups is 1. The van der Waals surface area contributed by atoms with Crippen LogP contribution in [0.15, 0.2) is 0 Å². The minimum Gasteiger partial charge on any atom is -0.480 e. The van der Waals surface area contributed by atoms with Crippen molar-refractivity contribution in [3.05, 3.63) is 0 Å². The third-order valence-electron chi connectivity index (χ3n) is 2.73. The molecule has 1 N–H and O–H groups in total. The second-order valence-electron chi connectivity index (χ2n) is 4.01. The van der Waals surface area contributed by atoms with Gasteiger partial charge in [0.1, 0.15) is 11.8 Å². The molecule has 3 atom stereocenters. The van der Waals surface area contributed by atoms with Gasteiger partial charge in [-0.3, -0.25) is 9.59 Å². The third-order valence-corrected chi connectivity index (χ3v) is 4.55. The normalized spacial score (nSPS) is 23.2. The number of Topliss-reactive ketones (excluding diaryl/α,β-unsaturated/α-hetero) is 1. The summed E-state index contributed by atoms with van der Waals surface area (Å²) in [5.41, 5.74) is 0. The molecule has 1 rings (SSSR count). The Balaban J connectivity index is 2.75. The van der Waals surface area contributed by atoms with Crippen LogP contribution in [0.4, 0.5) is 0 Å². The molecule has 5 nitrogen and oxygen atoms in total. The van der Waals surface area contributed by atoms with E-state index in [1.54, 1.807) is 6.92 Å². The first-order chi connectivity index (χ1) is 7.86. The van der Waals surface area contributed by atoms with Crippen LogP contribution in [0.25, 0.3) is 0 Å². The van der Waals surface area contributed by atoms with Gasteiger partial charge in [-0.05, 0) is 6.92 Å². The summed E-state index contributed by atoms with van der Waals surface area (Å²) >= 11 is 5.48. The number of rotatable bonds is 4. The summed E-state index contributed by atoms with van der Waals surface area (Å²) in [6.07, 6.45) is 0. The van der Waals surface area contributed by atoms with E-state index in [0.29, 0.717) is 11.6 Å². The van der Waals surface area contributed by atoms with E-state index >= 15 is 0 Å². The van der Waals surface area contributed by atoms with E-state index in [9.17, 15) is 14.4 Å². The number of hydrogen-bond acceptors (Lipinski definition) is 5. The highest BCUT2D eigenvalue weighted by Crippen LogP contribution is 2.25. The Hall–Kier alpha value is -0.690. The van der Waals surface area contributed by atoms with Crippen LogP contribution >= 0.6 is 24.4 Å². The third kappa shape index (κ3) is 3.16. The fraction of sp³-hybridized carbons (Fsp3) is 0.700. The van der Waals surface area contributed by atoms with Crippen molar-refractivity contribution in [1.82, 2.24) is 4.90 Å². The zero-order valence-corrected chi connectivity index (χ0v) is 11.3. The summed E-state index contributed by atoms with van der Waals surface area (Å²) in [7, 11) is 0. The van der Waals surface area contributed by atoms with Crippen molar-refractivity contribution in [1.29, 1.82) is 0 Å².